The molecule has 6 rings (SSSR count). The molecule has 0 aliphatic carbocycles. The number of nitrogens with zero attached hydrogens (tertiary/aromatic N) is 1. The third kappa shape index (κ3) is 3.87. The molecule has 1 unspecified atom stereocenters. The molecule has 0 radical (unpaired) electrons. The number of rotatable bonds is 5. The van der Waals surface area contributed by atoms with Crippen molar-refractivity contribution >= 4 is 34.3 Å². The minimum absolute atomic E-state index is 0.292. The van der Waals surface area contributed by atoms with Crippen molar-refractivity contribution in [3.8, 4) is 5.75 Å². The number of hydrogen-bond donors (Lipinski definition) is 1. The average Bonchev–Trinajstić information content (AvgIpc) is 3.57. The van der Waals surface area contributed by atoms with Crippen LogP contribution < -0.4 is 10.1 Å². The molecule has 4 heterocycles. The number of hydrogen-bond acceptors (Lipinski definition) is 6. The fraction of sp³-hybridized carbons (Fsp3) is 0.269. The Morgan fingerprint density at radius 2 is 2.00 bits per heavy atom. The maximum absolute atomic E-state index is 14.0. The second-order valence-corrected chi connectivity index (χ2v) is 9.39. The molecule has 1 amide bonds. The molecule has 8 heteroatoms. The standard InChI is InChI=1S/C26H23FN2O4S/c27-16-3-6-21-20(14-16)23(26(30)28-21)25-18-5-4-17(32-12-9-29-7-10-31-11-8-29)15-19(18)24(33-25)22-2-1-13-34-22/h1-6,13-15,24H,7-12H2,(H,28,30). The zero-order valence-corrected chi connectivity index (χ0v) is 19.2. The largest absolute Gasteiger partial charge is 0.492 e. The summed E-state index contributed by atoms with van der Waals surface area (Å²) in [7, 11) is 0. The summed E-state index contributed by atoms with van der Waals surface area (Å²) in [5.74, 6) is 0.533. The van der Waals surface area contributed by atoms with Crippen LogP contribution in [0.1, 0.15) is 27.7 Å². The van der Waals surface area contributed by atoms with Gasteiger partial charge in [-0.15, -0.1) is 11.3 Å². The lowest BCUT2D eigenvalue weighted by Crippen LogP contribution is -2.38. The van der Waals surface area contributed by atoms with E-state index in [1.165, 1.54) is 12.1 Å². The van der Waals surface area contributed by atoms with Gasteiger partial charge in [0.05, 0.1) is 18.8 Å². The van der Waals surface area contributed by atoms with Gasteiger partial charge in [-0.3, -0.25) is 9.69 Å². The molecule has 3 aromatic rings. The maximum Gasteiger partial charge on any atom is 0.260 e. The minimum atomic E-state index is -0.398. The number of fused-ring (bicyclic) bond motifs is 2. The van der Waals surface area contributed by atoms with E-state index in [0.29, 0.717) is 29.2 Å². The SMILES string of the molecule is O=C1Nc2ccc(F)cc2C1=C1OC(c2cccs2)c2cc(OCCN3CCOCC3)ccc21. The van der Waals surface area contributed by atoms with E-state index in [4.69, 9.17) is 14.2 Å². The molecule has 6 nitrogen and oxygen atoms in total. The zero-order chi connectivity index (χ0) is 23.1. The summed E-state index contributed by atoms with van der Waals surface area (Å²) in [5, 5.41) is 4.82. The van der Waals surface area contributed by atoms with Crippen LogP contribution in [0.2, 0.25) is 0 Å². The summed E-state index contributed by atoms with van der Waals surface area (Å²) in [6, 6.07) is 14.1. The van der Waals surface area contributed by atoms with Crippen molar-refractivity contribution in [1.82, 2.24) is 4.90 Å². The highest BCUT2D eigenvalue weighted by Gasteiger charge is 2.37. The minimum Gasteiger partial charge on any atom is -0.492 e. The second kappa shape index (κ2) is 8.87. The Morgan fingerprint density at radius 3 is 2.82 bits per heavy atom. The van der Waals surface area contributed by atoms with Crippen LogP contribution in [0.4, 0.5) is 10.1 Å². The van der Waals surface area contributed by atoms with Crippen molar-refractivity contribution < 1.29 is 23.4 Å². The first kappa shape index (κ1) is 21.3. The van der Waals surface area contributed by atoms with Gasteiger partial charge in [0.1, 0.15) is 23.9 Å². The van der Waals surface area contributed by atoms with Crippen molar-refractivity contribution in [2.75, 3.05) is 44.8 Å². The molecular weight excluding hydrogens is 455 g/mol. The monoisotopic (exact) mass is 478 g/mol. The quantitative estimate of drug-likeness (QED) is 0.546. The van der Waals surface area contributed by atoms with Gasteiger partial charge in [0.25, 0.3) is 5.91 Å². The van der Waals surface area contributed by atoms with Crippen molar-refractivity contribution in [1.29, 1.82) is 0 Å². The van der Waals surface area contributed by atoms with Crippen molar-refractivity contribution in [2.24, 2.45) is 0 Å². The van der Waals surface area contributed by atoms with Gasteiger partial charge in [-0.25, -0.2) is 4.39 Å². The molecular formula is C26H23FN2O4S. The molecule has 1 atom stereocenters. The van der Waals surface area contributed by atoms with Crippen LogP contribution in [-0.2, 0) is 14.3 Å². The van der Waals surface area contributed by atoms with Gasteiger partial charge in [0, 0.05) is 46.9 Å². The van der Waals surface area contributed by atoms with E-state index < -0.39 is 5.82 Å². The van der Waals surface area contributed by atoms with E-state index in [2.05, 4.69) is 10.2 Å². The highest BCUT2D eigenvalue weighted by molar-refractivity contribution is 7.10. The Morgan fingerprint density at radius 1 is 1.12 bits per heavy atom. The van der Waals surface area contributed by atoms with Gasteiger partial charge in [0.2, 0.25) is 0 Å². The van der Waals surface area contributed by atoms with Crippen LogP contribution in [0.3, 0.4) is 0 Å². The molecule has 1 aromatic heterocycles. The lowest BCUT2D eigenvalue weighted by atomic mass is 9.98. The molecule has 1 fully saturated rings. The van der Waals surface area contributed by atoms with E-state index >= 15 is 0 Å². The van der Waals surface area contributed by atoms with E-state index in [9.17, 15) is 9.18 Å². The number of thiophene rings is 1. The highest BCUT2D eigenvalue weighted by Crippen LogP contribution is 2.49. The Balaban J connectivity index is 1.34. The molecule has 2 aromatic carbocycles. The number of amides is 1. The van der Waals surface area contributed by atoms with Gasteiger partial charge < -0.3 is 19.5 Å². The molecule has 1 N–H and O–H groups in total. The van der Waals surface area contributed by atoms with Crippen molar-refractivity contribution in [3.63, 3.8) is 0 Å². The molecule has 1 saturated heterocycles. The summed E-state index contributed by atoms with van der Waals surface area (Å²) in [5.41, 5.74) is 3.22. The van der Waals surface area contributed by atoms with Crippen LogP contribution >= 0.6 is 11.3 Å². The van der Waals surface area contributed by atoms with E-state index in [-0.39, 0.29) is 12.0 Å². The second-order valence-electron chi connectivity index (χ2n) is 8.41. The van der Waals surface area contributed by atoms with Crippen LogP contribution in [-0.4, -0.2) is 50.3 Å². The van der Waals surface area contributed by atoms with Crippen LogP contribution in [0, 0.1) is 5.82 Å². The van der Waals surface area contributed by atoms with Crippen molar-refractivity contribution in [3.05, 3.63) is 81.3 Å². The molecule has 3 aliphatic heterocycles. The smallest absolute Gasteiger partial charge is 0.260 e. The maximum atomic E-state index is 14.0. The van der Waals surface area contributed by atoms with Crippen molar-refractivity contribution in [2.45, 2.75) is 6.10 Å². The zero-order valence-electron chi connectivity index (χ0n) is 18.4. The average molecular weight is 479 g/mol. The van der Waals surface area contributed by atoms with Gasteiger partial charge in [-0.2, -0.15) is 0 Å². The predicted octanol–water partition coefficient (Wildman–Crippen LogP) is 4.54. The third-order valence-electron chi connectivity index (χ3n) is 6.32. The summed E-state index contributed by atoms with van der Waals surface area (Å²) in [6.45, 7) is 4.77. The Labute approximate surface area is 200 Å². The molecule has 3 aliphatic rings. The molecule has 34 heavy (non-hydrogen) atoms. The molecule has 0 saturated carbocycles. The van der Waals surface area contributed by atoms with E-state index in [0.717, 1.165) is 54.6 Å². The van der Waals surface area contributed by atoms with Gasteiger partial charge in [-0.1, -0.05) is 6.07 Å². The number of ether oxygens (including phenoxy) is 3. The first-order valence-corrected chi connectivity index (χ1v) is 12.2. The number of carbonyl (C=O) groups is 1. The summed E-state index contributed by atoms with van der Waals surface area (Å²) >= 11 is 1.59. The fourth-order valence-corrected chi connectivity index (χ4v) is 5.40. The van der Waals surface area contributed by atoms with Gasteiger partial charge in [0.15, 0.2) is 6.10 Å². The highest BCUT2D eigenvalue weighted by atomic mass is 32.1. The topological polar surface area (TPSA) is 60.0 Å². The van der Waals surface area contributed by atoms with Gasteiger partial charge >= 0.3 is 0 Å². The van der Waals surface area contributed by atoms with Crippen LogP contribution in [0.25, 0.3) is 11.3 Å². The molecule has 0 spiro atoms. The lowest BCUT2D eigenvalue weighted by molar-refractivity contribution is -0.110. The van der Waals surface area contributed by atoms with Crippen LogP contribution in [0.5, 0.6) is 5.75 Å². The molecule has 174 valence electrons. The summed E-state index contributed by atoms with van der Waals surface area (Å²) in [6.07, 6.45) is -0.356. The number of nitrogens with one attached hydrogen (secondary N) is 1. The van der Waals surface area contributed by atoms with Gasteiger partial charge in [-0.05, 0) is 47.8 Å². The van der Waals surface area contributed by atoms with E-state index in [1.807, 2.05) is 35.7 Å². The predicted molar refractivity (Wildman–Crippen MR) is 128 cm³/mol. The summed E-state index contributed by atoms with van der Waals surface area (Å²) < 4.78 is 31.9. The number of morpholine rings is 1. The van der Waals surface area contributed by atoms with Crippen LogP contribution in [0.15, 0.2) is 53.9 Å². The third-order valence-corrected chi connectivity index (χ3v) is 7.24. The summed E-state index contributed by atoms with van der Waals surface area (Å²) in [4.78, 5) is 16.2. The first-order valence-electron chi connectivity index (χ1n) is 11.3. The number of halogens is 1. The fourth-order valence-electron chi connectivity index (χ4n) is 4.63. The Hall–Kier alpha value is -3.20. The number of anilines is 1. The van der Waals surface area contributed by atoms with E-state index in [1.54, 1.807) is 17.4 Å². The Bertz CT molecular complexity index is 1270. The lowest BCUT2D eigenvalue weighted by Gasteiger charge is -2.26. The normalized spacial score (nSPS) is 21.7. The first-order chi connectivity index (χ1) is 16.7. The number of benzene rings is 2. The molecule has 0 bridgehead atoms. The Kier molecular flexibility index (Phi) is 5.57. The number of carbonyl (C=O) groups excluding carboxylic acids is 1.